The van der Waals surface area contributed by atoms with E-state index in [0.717, 1.165) is 12.1 Å². The number of aliphatic hydroxyl groups is 1. The second-order valence-electron chi connectivity index (χ2n) is 4.63. The molecule has 2 atom stereocenters. The predicted octanol–water partition coefficient (Wildman–Crippen LogP) is 0.315. The number of benzene rings is 1. The summed E-state index contributed by atoms with van der Waals surface area (Å²) in [6.07, 6.45) is 0.410. The van der Waals surface area contributed by atoms with Crippen LogP contribution >= 0.6 is 0 Å². The highest BCUT2D eigenvalue weighted by Crippen LogP contribution is 2.40. The van der Waals surface area contributed by atoms with Gasteiger partial charge in [-0.15, -0.1) is 0 Å². The normalized spacial score (nSPS) is 31.3. The SMILES string of the molecule is OCC1CC2(CNCN2)c2cc(F)ccc2O1. The summed E-state index contributed by atoms with van der Waals surface area (Å²) in [6.45, 7) is 1.39. The van der Waals surface area contributed by atoms with Gasteiger partial charge in [0.2, 0.25) is 0 Å². The predicted molar refractivity (Wildman–Crippen MR) is 60.2 cm³/mol. The van der Waals surface area contributed by atoms with Gasteiger partial charge < -0.3 is 15.2 Å². The van der Waals surface area contributed by atoms with E-state index in [9.17, 15) is 9.50 Å². The van der Waals surface area contributed by atoms with E-state index >= 15 is 0 Å². The maximum absolute atomic E-state index is 13.4. The third kappa shape index (κ3) is 1.71. The molecule has 4 nitrogen and oxygen atoms in total. The molecule has 0 radical (unpaired) electrons. The van der Waals surface area contributed by atoms with Crippen LogP contribution < -0.4 is 15.4 Å². The molecule has 1 aromatic rings. The molecule has 0 bridgehead atoms. The van der Waals surface area contributed by atoms with Gasteiger partial charge in [-0.1, -0.05) is 0 Å². The molecule has 17 heavy (non-hydrogen) atoms. The molecule has 3 rings (SSSR count). The Morgan fingerprint density at radius 3 is 3.12 bits per heavy atom. The summed E-state index contributed by atoms with van der Waals surface area (Å²) in [5.74, 6) is 0.399. The highest BCUT2D eigenvalue weighted by atomic mass is 19.1. The molecule has 2 aliphatic heterocycles. The number of halogens is 1. The fourth-order valence-corrected chi connectivity index (χ4v) is 2.71. The summed E-state index contributed by atoms with van der Waals surface area (Å²) in [6, 6.07) is 4.53. The van der Waals surface area contributed by atoms with Crippen LogP contribution in [0.15, 0.2) is 18.2 Å². The average Bonchev–Trinajstić information content (AvgIpc) is 2.79. The highest BCUT2D eigenvalue weighted by molar-refractivity contribution is 5.43. The topological polar surface area (TPSA) is 53.5 Å². The van der Waals surface area contributed by atoms with E-state index in [-0.39, 0.29) is 24.1 Å². The first-order chi connectivity index (χ1) is 8.23. The highest BCUT2D eigenvalue weighted by Gasteiger charge is 2.43. The first-order valence-corrected chi connectivity index (χ1v) is 5.77. The van der Waals surface area contributed by atoms with E-state index in [1.54, 1.807) is 6.07 Å². The Morgan fingerprint density at radius 2 is 2.41 bits per heavy atom. The van der Waals surface area contributed by atoms with E-state index in [2.05, 4.69) is 10.6 Å². The summed E-state index contributed by atoms with van der Waals surface area (Å²) in [4.78, 5) is 0. The van der Waals surface area contributed by atoms with E-state index in [1.165, 1.54) is 12.1 Å². The molecule has 0 aliphatic carbocycles. The lowest BCUT2D eigenvalue weighted by Gasteiger charge is -2.39. The minimum absolute atomic E-state index is 0.0275. The molecule has 2 aliphatic rings. The fourth-order valence-electron chi connectivity index (χ4n) is 2.71. The maximum atomic E-state index is 13.4. The zero-order chi connectivity index (χ0) is 11.9. The number of aliphatic hydroxyl groups excluding tert-OH is 1. The number of rotatable bonds is 1. The first-order valence-electron chi connectivity index (χ1n) is 5.77. The van der Waals surface area contributed by atoms with Crippen molar-refractivity contribution < 1.29 is 14.2 Å². The van der Waals surface area contributed by atoms with E-state index in [4.69, 9.17) is 4.74 Å². The van der Waals surface area contributed by atoms with Crippen LogP contribution in [0.25, 0.3) is 0 Å². The lowest BCUT2D eigenvalue weighted by Crippen LogP contribution is -2.48. The summed E-state index contributed by atoms with van der Waals surface area (Å²) in [5, 5.41) is 15.8. The smallest absolute Gasteiger partial charge is 0.125 e. The third-order valence-corrected chi connectivity index (χ3v) is 3.51. The van der Waals surface area contributed by atoms with Gasteiger partial charge in [0.1, 0.15) is 17.7 Å². The molecule has 3 N–H and O–H groups in total. The molecule has 0 aromatic heterocycles. The van der Waals surface area contributed by atoms with Gasteiger partial charge in [-0.2, -0.15) is 0 Å². The molecular weight excluding hydrogens is 223 g/mol. The van der Waals surface area contributed by atoms with Gasteiger partial charge in [0, 0.05) is 25.2 Å². The van der Waals surface area contributed by atoms with Crippen LogP contribution in [0.3, 0.4) is 0 Å². The Kier molecular flexibility index (Phi) is 2.54. The second kappa shape index (κ2) is 3.94. The van der Waals surface area contributed by atoms with Crippen molar-refractivity contribution in [2.45, 2.75) is 18.1 Å². The van der Waals surface area contributed by atoms with Gasteiger partial charge in [0.25, 0.3) is 0 Å². The van der Waals surface area contributed by atoms with Crippen molar-refractivity contribution in [2.75, 3.05) is 19.8 Å². The number of nitrogens with one attached hydrogen (secondary N) is 2. The van der Waals surface area contributed by atoms with Crippen molar-refractivity contribution in [3.8, 4) is 5.75 Å². The molecule has 2 heterocycles. The van der Waals surface area contributed by atoms with Crippen molar-refractivity contribution in [3.05, 3.63) is 29.6 Å². The molecule has 0 saturated carbocycles. The van der Waals surface area contributed by atoms with Crippen LogP contribution in [0.1, 0.15) is 12.0 Å². The van der Waals surface area contributed by atoms with Crippen LogP contribution in [0.2, 0.25) is 0 Å². The van der Waals surface area contributed by atoms with Crippen LogP contribution in [-0.4, -0.2) is 31.0 Å². The van der Waals surface area contributed by atoms with Gasteiger partial charge in [-0.3, -0.25) is 5.32 Å². The van der Waals surface area contributed by atoms with Crippen molar-refractivity contribution >= 4 is 0 Å². The molecule has 0 amide bonds. The monoisotopic (exact) mass is 238 g/mol. The molecule has 92 valence electrons. The zero-order valence-electron chi connectivity index (χ0n) is 9.37. The standard InChI is InChI=1S/C12H15FN2O2/c13-8-1-2-11-10(3-8)12(6-14-7-15-12)4-9(5-16)17-11/h1-3,9,14-16H,4-7H2. The lowest BCUT2D eigenvalue weighted by atomic mass is 9.82. The zero-order valence-corrected chi connectivity index (χ0v) is 9.37. The molecule has 1 spiro atoms. The molecule has 2 unspecified atom stereocenters. The average molecular weight is 238 g/mol. The number of hydrogen-bond acceptors (Lipinski definition) is 4. The van der Waals surface area contributed by atoms with Crippen molar-refractivity contribution in [1.82, 2.24) is 10.6 Å². The second-order valence-corrected chi connectivity index (χ2v) is 4.63. The molecule has 1 fully saturated rings. The fraction of sp³-hybridized carbons (Fsp3) is 0.500. The Morgan fingerprint density at radius 1 is 1.53 bits per heavy atom. The number of hydrogen-bond donors (Lipinski definition) is 3. The van der Waals surface area contributed by atoms with E-state index < -0.39 is 0 Å². The quantitative estimate of drug-likeness (QED) is 0.659. The van der Waals surface area contributed by atoms with Gasteiger partial charge >= 0.3 is 0 Å². The lowest BCUT2D eigenvalue weighted by molar-refractivity contribution is 0.0637. The largest absolute Gasteiger partial charge is 0.488 e. The van der Waals surface area contributed by atoms with Gasteiger partial charge in [0.15, 0.2) is 0 Å². The number of fused-ring (bicyclic) bond motifs is 2. The summed E-state index contributed by atoms with van der Waals surface area (Å²) in [7, 11) is 0. The third-order valence-electron chi connectivity index (χ3n) is 3.51. The van der Waals surface area contributed by atoms with Gasteiger partial charge in [-0.25, -0.2) is 4.39 Å². The first kappa shape index (κ1) is 11.0. The van der Waals surface area contributed by atoms with Crippen LogP contribution in [0, 0.1) is 5.82 Å². The van der Waals surface area contributed by atoms with Crippen LogP contribution in [0.5, 0.6) is 5.75 Å². The van der Waals surface area contributed by atoms with Crippen molar-refractivity contribution in [1.29, 1.82) is 0 Å². The van der Waals surface area contributed by atoms with Gasteiger partial charge in [-0.05, 0) is 18.2 Å². The Labute approximate surface area is 98.8 Å². The molecular formula is C12H15FN2O2. The minimum Gasteiger partial charge on any atom is -0.488 e. The number of ether oxygens (including phenoxy) is 1. The van der Waals surface area contributed by atoms with Crippen molar-refractivity contribution in [2.24, 2.45) is 0 Å². The summed E-state index contributed by atoms with van der Waals surface area (Å²) < 4.78 is 19.0. The molecule has 1 saturated heterocycles. The van der Waals surface area contributed by atoms with E-state index in [0.29, 0.717) is 18.8 Å². The Balaban J connectivity index is 2.08. The Hall–Kier alpha value is -1.17. The molecule has 5 heteroatoms. The maximum Gasteiger partial charge on any atom is 0.125 e. The van der Waals surface area contributed by atoms with E-state index in [1.807, 2.05) is 0 Å². The summed E-state index contributed by atoms with van der Waals surface area (Å²) in [5.41, 5.74) is 0.524. The molecule has 1 aromatic carbocycles. The van der Waals surface area contributed by atoms with Crippen LogP contribution in [0.4, 0.5) is 4.39 Å². The van der Waals surface area contributed by atoms with Crippen LogP contribution in [-0.2, 0) is 5.54 Å². The summed E-state index contributed by atoms with van der Waals surface area (Å²) >= 11 is 0. The van der Waals surface area contributed by atoms with Gasteiger partial charge in [0.05, 0.1) is 12.1 Å². The minimum atomic E-state index is -0.316. The Bertz CT molecular complexity index is 433. The van der Waals surface area contributed by atoms with Crippen molar-refractivity contribution in [3.63, 3.8) is 0 Å².